The number of hydrogen-bond donors (Lipinski definition) is 0. The van der Waals surface area contributed by atoms with E-state index in [4.69, 9.17) is 13.9 Å². The van der Waals surface area contributed by atoms with Crippen molar-refractivity contribution < 1.29 is 13.9 Å². The molecule has 0 aliphatic rings. The molecule has 6 nitrogen and oxygen atoms in total. The number of rotatable bonds is 8. The quantitative estimate of drug-likeness (QED) is 0.677. The molecular formula is C20H25N3O3. The lowest BCUT2D eigenvalue weighted by molar-refractivity contribution is 0.355. The highest BCUT2D eigenvalue weighted by atomic mass is 16.5. The molecule has 0 fully saturated rings. The van der Waals surface area contributed by atoms with Crippen LogP contribution in [0.2, 0.25) is 0 Å². The minimum absolute atomic E-state index is 0.489. The fourth-order valence-electron chi connectivity index (χ4n) is 2.41. The van der Waals surface area contributed by atoms with Crippen molar-refractivity contribution >= 4 is 17.5 Å². The Hall–Kier alpha value is -2.91. The van der Waals surface area contributed by atoms with E-state index in [1.165, 1.54) is 0 Å². The molecule has 1 aromatic heterocycles. The molecule has 0 radical (unpaired) electrons. The molecule has 0 saturated carbocycles. The predicted octanol–water partition coefficient (Wildman–Crippen LogP) is 3.36. The van der Waals surface area contributed by atoms with Crippen molar-refractivity contribution in [3.63, 3.8) is 0 Å². The first-order valence-corrected chi connectivity index (χ1v) is 8.28. The molecule has 0 bridgehead atoms. The maximum Gasteiger partial charge on any atom is 0.195 e. The van der Waals surface area contributed by atoms with Gasteiger partial charge in [0.2, 0.25) is 0 Å². The number of nitriles is 1. The van der Waals surface area contributed by atoms with Crippen molar-refractivity contribution in [2.75, 3.05) is 53.4 Å². The molecule has 138 valence electrons. The lowest BCUT2D eigenvalue weighted by Crippen LogP contribution is -2.28. The van der Waals surface area contributed by atoms with Crippen LogP contribution in [-0.4, -0.2) is 53.4 Å². The summed E-state index contributed by atoms with van der Waals surface area (Å²) in [4.78, 5) is 4.16. The van der Waals surface area contributed by atoms with Crippen LogP contribution in [0.3, 0.4) is 0 Å². The van der Waals surface area contributed by atoms with Crippen LogP contribution in [0.4, 0.5) is 5.88 Å². The molecule has 0 unspecified atom stereocenters. The molecule has 26 heavy (non-hydrogen) atoms. The summed E-state index contributed by atoms with van der Waals surface area (Å²) in [5, 5.41) is 9.54. The average molecular weight is 355 g/mol. The molecule has 0 amide bonds. The van der Waals surface area contributed by atoms with Crippen LogP contribution in [0.5, 0.6) is 11.5 Å². The Morgan fingerprint density at radius 1 is 1.08 bits per heavy atom. The largest absolute Gasteiger partial charge is 0.493 e. The van der Waals surface area contributed by atoms with Crippen LogP contribution in [0.1, 0.15) is 11.3 Å². The Bertz CT molecular complexity index is 803. The van der Waals surface area contributed by atoms with E-state index in [0.29, 0.717) is 22.8 Å². The van der Waals surface area contributed by atoms with Crippen molar-refractivity contribution in [3.8, 4) is 17.6 Å². The first kappa shape index (κ1) is 19.4. The minimum Gasteiger partial charge on any atom is -0.493 e. The van der Waals surface area contributed by atoms with Gasteiger partial charge >= 0.3 is 0 Å². The SMILES string of the molecule is COc1ccc(/C(C#N)=C/c2ccc(N(C)CCN(C)C)o2)cc1OC. The molecule has 0 aliphatic carbocycles. The second kappa shape index (κ2) is 8.97. The van der Waals surface area contributed by atoms with E-state index in [9.17, 15) is 5.26 Å². The van der Waals surface area contributed by atoms with E-state index in [1.54, 1.807) is 32.4 Å². The molecule has 0 atom stereocenters. The third-order valence-corrected chi connectivity index (χ3v) is 3.97. The number of methoxy groups -OCH3 is 2. The fraction of sp³-hybridized carbons (Fsp3) is 0.350. The van der Waals surface area contributed by atoms with E-state index in [-0.39, 0.29) is 0 Å². The Balaban J connectivity index is 2.23. The maximum atomic E-state index is 9.54. The second-order valence-electron chi connectivity index (χ2n) is 6.14. The number of furan rings is 1. The van der Waals surface area contributed by atoms with Crippen LogP contribution in [0, 0.1) is 11.3 Å². The zero-order valence-electron chi connectivity index (χ0n) is 15.9. The van der Waals surface area contributed by atoms with E-state index >= 15 is 0 Å². The van der Waals surface area contributed by atoms with Crippen molar-refractivity contribution in [3.05, 3.63) is 41.7 Å². The third kappa shape index (κ3) is 4.80. The molecule has 0 aliphatic heterocycles. The van der Waals surface area contributed by atoms with Crippen molar-refractivity contribution in [1.82, 2.24) is 4.90 Å². The number of allylic oxidation sites excluding steroid dienone is 1. The molecule has 1 heterocycles. The summed E-state index contributed by atoms with van der Waals surface area (Å²) < 4.78 is 16.4. The van der Waals surface area contributed by atoms with Crippen LogP contribution in [0.25, 0.3) is 11.6 Å². The summed E-state index contributed by atoms with van der Waals surface area (Å²) >= 11 is 0. The van der Waals surface area contributed by atoms with Gasteiger partial charge in [-0.3, -0.25) is 0 Å². The lowest BCUT2D eigenvalue weighted by Gasteiger charge is -2.18. The summed E-state index contributed by atoms with van der Waals surface area (Å²) in [6.45, 7) is 1.78. The van der Waals surface area contributed by atoms with Crippen molar-refractivity contribution in [2.45, 2.75) is 0 Å². The zero-order chi connectivity index (χ0) is 19.1. The minimum atomic E-state index is 0.489. The fourth-order valence-corrected chi connectivity index (χ4v) is 2.41. The summed E-state index contributed by atoms with van der Waals surface area (Å²) in [5.74, 6) is 2.59. The lowest BCUT2D eigenvalue weighted by atomic mass is 10.1. The average Bonchev–Trinajstić information content (AvgIpc) is 3.12. The highest BCUT2D eigenvalue weighted by Crippen LogP contribution is 2.31. The molecule has 0 N–H and O–H groups in total. The number of likely N-dealkylation sites (N-methyl/N-ethyl adjacent to an activating group) is 2. The van der Waals surface area contributed by atoms with Gasteiger partial charge in [0.15, 0.2) is 17.4 Å². The van der Waals surface area contributed by atoms with Crippen LogP contribution in [-0.2, 0) is 0 Å². The molecule has 1 aromatic carbocycles. The molecule has 0 spiro atoms. The van der Waals surface area contributed by atoms with Crippen molar-refractivity contribution in [2.24, 2.45) is 0 Å². The monoisotopic (exact) mass is 355 g/mol. The van der Waals surface area contributed by atoms with E-state index < -0.39 is 0 Å². The topological polar surface area (TPSA) is 61.9 Å². The van der Waals surface area contributed by atoms with E-state index in [1.807, 2.05) is 44.2 Å². The normalized spacial score (nSPS) is 11.3. The Labute approximate surface area is 154 Å². The standard InChI is InChI=1S/C20H25N3O3/c1-22(2)10-11-23(3)20-9-7-17(26-20)12-16(14-21)15-6-8-18(24-4)19(13-15)25-5/h6-9,12-13H,10-11H2,1-5H3/b16-12+. The van der Waals surface area contributed by atoms with Gasteiger partial charge in [-0.1, -0.05) is 0 Å². The summed E-state index contributed by atoms with van der Waals surface area (Å²) in [5.41, 5.74) is 1.23. The Morgan fingerprint density at radius 2 is 1.81 bits per heavy atom. The van der Waals surface area contributed by atoms with Gasteiger partial charge < -0.3 is 23.7 Å². The third-order valence-electron chi connectivity index (χ3n) is 3.97. The molecule has 2 rings (SSSR count). The molecule has 2 aromatic rings. The van der Waals surface area contributed by atoms with Gasteiger partial charge in [0, 0.05) is 26.2 Å². The summed E-state index contributed by atoms with van der Waals surface area (Å²) in [6.07, 6.45) is 1.73. The van der Waals surface area contributed by atoms with Gasteiger partial charge in [0.1, 0.15) is 5.76 Å². The smallest absolute Gasteiger partial charge is 0.195 e. The van der Waals surface area contributed by atoms with E-state index in [2.05, 4.69) is 11.0 Å². The van der Waals surface area contributed by atoms with Gasteiger partial charge in [-0.25, -0.2) is 0 Å². The summed E-state index contributed by atoms with van der Waals surface area (Å²) in [6, 6.07) is 11.4. The van der Waals surface area contributed by atoms with Crippen LogP contribution >= 0.6 is 0 Å². The molecule has 6 heteroatoms. The molecule has 0 saturated heterocycles. The van der Waals surface area contributed by atoms with Crippen LogP contribution in [0.15, 0.2) is 34.7 Å². The Morgan fingerprint density at radius 3 is 2.42 bits per heavy atom. The first-order valence-electron chi connectivity index (χ1n) is 8.28. The number of benzene rings is 1. The predicted molar refractivity (Wildman–Crippen MR) is 104 cm³/mol. The van der Waals surface area contributed by atoms with Gasteiger partial charge in [-0.05, 0) is 50.0 Å². The maximum absolute atomic E-state index is 9.54. The zero-order valence-corrected chi connectivity index (χ0v) is 15.9. The second-order valence-corrected chi connectivity index (χ2v) is 6.14. The molecular weight excluding hydrogens is 330 g/mol. The Kier molecular flexibility index (Phi) is 6.70. The number of hydrogen-bond acceptors (Lipinski definition) is 6. The van der Waals surface area contributed by atoms with Crippen molar-refractivity contribution in [1.29, 1.82) is 5.26 Å². The van der Waals surface area contributed by atoms with Gasteiger partial charge in [-0.15, -0.1) is 0 Å². The summed E-state index contributed by atoms with van der Waals surface area (Å²) in [7, 11) is 9.20. The number of ether oxygens (including phenoxy) is 2. The highest BCUT2D eigenvalue weighted by molar-refractivity contribution is 5.89. The van der Waals surface area contributed by atoms with Gasteiger partial charge in [0.05, 0.1) is 25.9 Å². The van der Waals surface area contributed by atoms with E-state index in [0.717, 1.165) is 24.5 Å². The number of anilines is 1. The highest BCUT2D eigenvalue weighted by Gasteiger charge is 2.10. The van der Waals surface area contributed by atoms with Gasteiger partial charge in [0.25, 0.3) is 0 Å². The van der Waals surface area contributed by atoms with Crippen LogP contribution < -0.4 is 14.4 Å². The van der Waals surface area contributed by atoms with Gasteiger partial charge in [-0.2, -0.15) is 5.26 Å². The number of nitrogens with zero attached hydrogens (tertiary/aromatic N) is 3. The first-order chi connectivity index (χ1) is 12.5.